The third-order valence-corrected chi connectivity index (χ3v) is 4.72. The number of rotatable bonds is 3. The molecule has 100 valence electrons. The van der Waals surface area contributed by atoms with Gasteiger partial charge in [0.05, 0.1) is 0 Å². The molecule has 3 unspecified atom stereocenters. The highest BCUT2D eigenvalue weighted by atomic mass is 15.2. The number of hydrogen-bond donors (Lipinski definition) is 1. The summed E-state index contributed by atoms with van der Waals surface area (Å²) in [5.74, 6) is 0. The van der Waals surface area contributed by atoms with E-state index in [1.54, 1.807) is 0 Å². The van der Waals surface area contributed by atoms with Gasteiger partial charge in [0.15, 0.2) is 0 Å². The van der Waals surface area contributed by atoms with E-state index in [1.807, 2.05) is 0 Å². The molecule has 0 saturated carbocycles. The second-order valence-electron chi connectivity index (χ2n) is 6.09. The van der Waals surface area contributed by atoms with Crippen molar-refractivity contribution in [3.8, 4) is 0 Å². The van der Waals surface area contributed by atoms with Gasteiger partial charge >= 0.3 is 0 Å². The Labute approximate surface area is 107 Å². The predicted molar refractivity (Wildman–Crippen MR) is 73.4 cm³/mol. The van der Waals surface area contributed by atoms with Crippen LogP contribution in [0.4, 0.5) is 0 Å². The normalized spacial score (nSPS) is 36.4. The van der Waals surface area contributed by atoms with Gasteiger partial charge in [-0.05, 0) is 59.8 Å². The smallest absolute Gasteiger partial charge is 0.0195 e. The molecule has 3 nitrogen and oxygen atoms in total. The van der Waals surface area contributed by atoms with Crippen molar-refractivity contribution < 1.29 is 0 Å². The molecule has 0 bridgehead atoms. The van der Waals surface area contributed by atoms with Crippen molar-refractivity contribution in [2.45, 2.75) is 57.2 Å². The third-order valence-electron chi connectivity index (χ3n) is 4.72. The molecule has 0 aromatic heterocycles. The molecule has 0 aliphatic carbocycles. The maximum absolute atomic E-state index is 3.66. The lowest BCUT2D eigenvalue weighted by molar-refractivity contribution is 0.0957. The molecule has 2 aliphatic rings. The summed E-state index contributed by atoms with van der Waals surface area (Å²) in [6, 6.07) is 2.28. The molecule has 0 amide bonds. The van der Waals surface area contributed by atoms with Gasteiger partial charge in [-0.1, -0.05) is 6.42 Å². The Kier molecular flexibility index (Phi) is 4.83. The zero-order valence-corrected chi connectivity index (χ0v) is 11.8. The summed E-state index contributed by atoms with van der Waals surface area (Å²) in [6.07, 6.45) is 6.82. The largest absolute Gasteiger partial charge is 0.313 e. The van der Waals surface area contributed by atoms with Crippen LogP contribution in [0.3, 0.4) is 0 Å². The Balaban J connectivity index is 1.77. The van der Waals surface area contributed by atoms with Crippen molar-refractivity contribution >= 4 is 0 Å². The average molecular weight is 239 g/mol. The van der Waals surface area contributed by atoms with E-state index < -0.39 is 0 Å². The number of nitrogens with one attached hydrogen (secondary N) is 1. The molecule has 0 aromatic rings. The van der Waals surface area contributed by atoms with Crippen LogP contribution in [-0.4, -0.2) is 61.7 Å². The van der Waals surface area contributed by atoms with Gasteiger partial charge in [0.1, 0.15) is 0 Å². The Bertz CT molecular complexity index is 226. The van der Waals surface area contributed by atoms with Gasteiger partial charge in [-0.25, -0.2) is 0 Å². The zero-order valence-electron chi connectivity index (χ0n) is 11.8. The molecule has 1 N–H and O–H groups in total. The minimum Gasteiger partial charge on any atom is -0.313 e. The van der Waals surface area contributed by atoms with Gasteiger partial charge < -0.3 is 15.1 Å². The van der Waals surface area contributed by atoms with E-state index in [-0.39, 0.29) is 0 Å². The van der Waals surface area contributed by atoms with Gasteiger partial charge in [-0.2, -0.15) is 0 Å². The van der Waals surface area contributed by atoms with Crippen LogP contribution < -0.4 is 5.32 Å². The van der Waals surface area contributed by atoms with Crippen LogP contribution in [0.1, 0.15) is 39.0 Å². The lowest BCUT2D eigenvalue weighted by Gasteiger charge is -2.41. The van der Waals surface area contributed by atoms with Crippen molar-refractivity contribution in [1.82, 2.24) is 15.1 Å². The summed E-state index contributed by atoms with van der Waals surface area (Å²) in [5, 5.41) is 3.66. The Morgan fingerprint density at radius 3 is 2.76 bits per heavy atom. The van der Waals surface area contributed by atoms with Crippen LogP contribution in [0.15, 0.2) is 0 Å². The van der Waals surface area contributed by atoms with Gasteiger partial charge in [0.25, 0.3) is 0 Å². The maximum Gasteiger partial charge on any atom is 0.0195 e. The van der Waals surface area contributed by atoms with Crippen LogP contribution in [0.2, 0.25) is 0 Å². The number of piperidine rings is 2. The van der Waals surface area contributed by atoms with Crippen molar-refractivity contribution in [2.24, 2.45) is 0 Å². The molecular weight excluding hydrogens is 210 g/mol. The number of likely N-dealkylation sites (tertiary alicyclic amines) is 1. The first kappa shape index (κ1) is 13.3. The van der Waals surface area contributed by atoms with Crippen molar-refractivity contribution in [3.05, 3.63) is 0 Å². The molecule has 0 radical (unpaired) electrons. The summed E-state index contributed by atoms with van der Waals surface area (Å²) < 4.78 is 0. The topological polar surface area (TPSA) is 18.5 Å². The zero-order chi connectivity index (χ0) is 12.3. The van der Waals surface area contributed by atoms with Gasteiger partial charge in [0.2, 0.25) is 0 Å². The van der Waals surface area contributed by atoms with E-state index in [4.69, 9.17) is 0 Å². The molecule has 2 saturated heterocycles. The number of nitrogens with zero attached hydrogens (tertiary/aromatic N) is 2. The lowest BCUT2D eigenvalue weighted by Crippen LogP contribution is -2.50. The number of hydrogen-bond acceptors (Lipinski definition) is 3. The monoisotopic (exact) mass is 239 g/mol. The summed E-state index contributed by atoms with van der Waals surface area (Å²) >= 11 is 0. The van der Waals surface area contributed by atoms with Crippen LogP contribution in [0.5, 0.6) is 0 Å². The average Bonchev–Trinajstić information content (AvgIpc) is 2.34. The van der Waals surface area contributed by atoms with E-state index in [2.05, 4.69) is 36.1 Å². The molecule has 0 spiro atoms. The number of likely N-dealkylation sites (N-methyl/N-ethyl adjacent to an activating group) is 1. The van der Waals surface area contributed by atoms with Gasteiger partial charge in [-0.3, -0.25) is 0 Å². The fourth-order valence-electron chi connectivity index (χ4n) is 3.24. The summed E-state index contributed by atoms with van der Waals surface area (Å²) in [5.41, 5.74) is 0. The second-order valence-corrected chi connectivity index (χ2v) is 6.09. The van der Waals surface area contributed by atoms with Crippen LogP contribution in [0.25, 0.3) is 0 Å². The van der Waals surface area contributed by atoms with Crippen LogP contribution >= 0.6 is 0 Å². The molecular formula is C14H29N3. The first-order valence-corrected chi connectivity index (χ1v) is 7.30. The molecule has 3 atom stereocenters. The Hall–Kier alpha value is -0.120. The van der Waals surface area contributed by atoms with E-state index >= 15 is 0 Å². The predicted octanol–water partition coefficient (Wildman–Crippen LogP) is 1.54. The molecule has 2 aliphatic heterocycles. The fraction of sp³-hybridized carbons (Fsp3) is 1.00. The van der Waals surface area contributed by atoms with E-state index in [0.717, 1.165) is 18.1 Å². The first-order chi connectivity index (χ1) is 8.16. The highest BCUT2D eigenvalue weighted by molar-refractivity contribution is 4.84. The molecule has 3 heteroatoms. The van der Waals surface area contributed by atoms with Crippen molar-refractivity contribution in [1.29, 1.82) is 0 Å². The van der Waals surface area contributed by atoms with Crippen LogP contribution in [0, 0.1) is 0 Å². The van der Waals surface area contributed by atoms with Gasteiger partial charge in [-0.15, -0.1) is 0 Å². The van der Waals surface area contributed by atoms with Crippen LogP contribution in [-0.2, 0) is 0 Å². The molecule has 0 aromatic carbocycles. The quantitative estimate of drug-likeness (QED) is 0.806. The van der Waals surface area contributed by atoms with E-state index in [9.17, 15) is 0 Å². The minimum absolute atomic E-state index is 0.740. The Morgan fingerprint density at radius 2 is 2.12 bits per heavy atom. The van der Waals surface area contributed by atoms with E-state index in [0.29, 0.717) is 0 Å². The second kappa shape index (κ2) is 6.17. The van der Waals surface area contributed by atoms with E-state index in [1.165, 1.54) is 51.7 Å². The third kappa shape index (κ3) is 3.67. The van der Waals surface area contributed by atoms with Crippen molar-refractivity contribution in [3.63, 3.8) is 0 Å². The highest BCUT2D eigenvalue weighted by Gasteiger charge is 2.27. The molecule has 2 fully saturated rings. The summed E-state index contributed by atoms with van der Waals surface area (Å²) in [4.78, 5) is 5.09. The summed E-state index contributed by atoms with van der Waals surface area (Å²) in [7, 11) is 4.57. The minimum atomic E-state index is 0.740. The van der Waals surface area contributed by atoms with Crippen molar-refractivity contribution in [2.75, 3.05) is 33.7 Å². The lowest BCUT2D eigenvalue weighted by atomic mass is 9.96. The fourth-order valence-corrected chi connectivity index (χ4v) is 3.24. The molecule has 2 heterocycles. The molecule has 17 heavy (non-hydrogen) atoms. The first-order valence-electron chi connectivity index (χ1n) is 7.30. The SMILES string of the molecule is CC1CC(N(C)CC2CCCCN2)CCN1C. The highest BCUT2D eigenvalue weighted by Crippen LogP contribution is 2.20. The maximum atomic E-state index is 3.66. The van der Waals surface area contributed by atoms with Gasteiger partial charge in [0, 0.05) is 24.7 Å². The Morgan fingerprint density at radius 1 is 1.29 bits per heavy atom. The standard InChI is InChI=1S/C14H29N3/c1-12-10-14(7-9-16(12)2)17(3)11-13-6-4-5-8-15-13/h12-15H,4-11H2,1-3H3. The summed E-state index contributed by atoms with van der Waals surface area (Å²) in [6.45, 7) is 6.08. The molecule has 2 rings (SSSR count).